The van der Waals surface area contributed by atoms with Gasteiger partial charge in [0.15, 0.2) is 0 Å². The van der Waals surface area contributed by atoms with Crippen LogP contribution in [0, 0.1) is 0 Å². The van der Waals surface area contributed by atoms with Gasteiger partial charge in [0, 0.05) is 21.2 Å². The minimum absolute atomic E-state index is 0.149. The Morgan fingerprint density at radius 2 is 2.00 bits per heavy atom. The first-order valence-corrected chi connectivity index (χ1v) is 7.23. The van der Waals surface area contributed by atoms with Crippen molar-refractivity contribution < 1.29 is 4.79 Å². The number of halogens is 1. The van der Waals surface area contributed by atoms with Gasteiger partial charge in [-0.1, -0.05) is 29.8 Å². The Kier molecular flexibility index (Phi) is 3.34. The van der Waals surface area contributed by atoms with Crippen molar-refractivity contribution in [3.8, 4) is 0 Å². The molecule has 0 aliphatic heterocycles. The second kappa shape index (κ2) is 5.15. The van der Waals surface area contributed by atoms with Crippen LogP contribution in [-0.4, -0.2) is 5.91 Å². The molecule has 3 N–H and O–H groups in total. The number of fused-ring (bicyclic) bond motifs is 1. The second-order valence-electron chi connectivity index (χ2n) is 4.34. The summed E-state index contributed by atoms with van der Waals surface area (Å²) in [6, 6.07) is 12.9. The number of benzene rings is 2. The number of carbonyl (C=O) groups is 1. The van der Waals surface area contributed by atoms with Gasteiger partial charge in [0.25, 0.3) is 5.91 Å². The molecule has 0 unspecified atom stereocenters. The molecule has 0 spiro atoms. The van der Waals surface area contributed by atoms with Gasteiger partial charge in [0.1, 0.15) is 0 Å². The summed E-state index contributed by atoms with van der Waals surface area (Å²) in [6.07, 6.45) is 0. The highest BCUT2D eigenvalue weighted by Gasteiger charge is 2.12. The molecule has 100 valence electrons. The summed E-state index contributed by atoms with van der Waals surface area (Å²) in [5, 5.41) is 6.13. The normalized spacial score (nSPS) is 10.7. The lowest BCUT2D eigenvalue weighted by atomic mass is 10.1. The van der Waals surface area contributed by atoms with E-state index in [0.29, 0.717) is 22.0 Å². The van der Waals surface area contributed by atoms with Crippen LogP contribution < -0.4 is 11.1 Å². The van der Waals surface area contributed by atoms with Crippen LogP contribution in [0.4, 0.5) is 11.4 Å². The first-order valence-electron chi connectivity index (χ1n) is 5.98. The van der Waals surface area contributed by atoms with Gasteiger partial charge >= 0.3 is 0 Å². The number of hydrogen-bond donors (Lipinski definition) is 2. The average Bonchev–Trinajstić information content (AvgIpc) is 2.87. The van der Waals surface area contributed by atoms with Gasteiger partial charge in [-0.05, 0) is 24.3 Å². The highest BCUT2D eigenvalue weighted by molar-refractivity contribution is 7.17. The summed E-state index contributed by atoms with van der Waals surface area (Å²) in [4.78, 5) is 12.3. The lowest BCUT2D eigenvalue weighted by Crippen LogP contribution is -2.11. The van der Waals surface area contributed by atoms with Gasteiger partial charge in [0.05, 0.1) is 16.3 Å². The molecule has 3 aromatic rings. The molecule has 0 aliphatic rings. The smallest absolute Gasteiger partial charge is 0.257 e. The maximum atomic E-state index is 12.3. The number of amides is 1. The Balaban J connectivity index is 1.91. The summed E-state index contributed by atoms with van der Waals surface area (Å²) < 4.78 is 1.09. The van der Waals surface area contributed by atoms with Crippen molar-refractivity contribution in [1.82, 2.24) is 0 Å². The van der Waals surface area contributed by atoms with E-state index in [-0.39, 0.29) is 5.91 Å². The van der Waals surface area contributed by atoms with Crippen LogP contribution in [0.1, 0.15) is 10.4 Å². The van der Waals surface area contributed by atoms with Crippen molar-refractivity contribution in [3.05, 3.63) is 58.4 Å². The van der Waals surface area contributed by atoms with Gasteiger partial charge < -0.3 is 11.1 Å². The van der Waals surface area contributed by atoms with E-state index in [1.165, 1.54) is 0 Å². The van der Waals surface area contributed by atoms with Crippen LogP contribution in [0.15, 0.2) is 47.8 Å². The van der Waals surface area contributed by atoms with E-state index in [9.17, 15) is 4.79 Å². The number of nitrogens with two attached hydrogens (primary N) is 1. The van der Waals surface area contributed by atoms with E-state index < -0.39 is 0 Å². The van der Waals surface area contributed by atoms with Crippen molar-refractivity contribution in [2.45, 2.75) is 0 Å². The SMILES string of the molecule is Nc1cc(NC(=O)c2csc3ccccc23)ccc1Cl. The average molecular weight is 303 g/mol. The standard InChI is InChI=1S/C15H11ClN2OS/c16-12-6-5-9(7-13(12)17)18-15(19)11-8-20-14-4-2-1-3-10(11)14/h1-8H,17H2,(H,18,19). The molecule has 1 aromatic heterocycles. The van der Waals surface area contributed by atoms with Crippen molar-refractivity contribution in [1.29, 1.82) is 0 Å². The maximum absolute atomic E-state index is 12.3. The molecule has 0 radical (unpaired) electrons. The Bertz CT molecular complexity index is 797. The molecule has 0 fully saturated rings. The highest BCUT2D eigenvalue weighted by Crippen LogP contribution is 2.27. The monoisotopic (exact) mass is 302 g/mol. The molecule has 20 heavy (non-hydrogen) atoms. The lowest BCUT2D eigenvalue weighted by molar-refractivity contribution is 0.102. The fourth-order valence-corrected chi connectivity index (χ4v) is 3.03. The van der Waals surface area contributed by atoms with Crippen LogP contribution in [0.5, 0.6) is 0 Å². The molecule has 0 bridgehead atoms. The first kappa shape index (κ1) is 13.0. The predicted molar refractivity (Wildman–Crippen MR) is 85.6 cm³/mol. The zero-order chi connectivity index (χ0) is 14.1. The quantitative estimate of drug-likeness (QED) is 0.690. The number of rotatable bonds is 2. The second-order valence-corrected chi connectivity index (χ2v) is 5.65. The molecule has 0 saturated heterocycles. The zero-order valence-electron chi connectivity index (χ0n) is 10.4. The predicted octanol–water partition coefficient (Wildman–Crippen LogP) is 4.39. The Hall–Kier alpha value is -2.04. The summed E-state index contributed by atoms with van der Waals surface area (Å²) >= 11 is 7.41. The van der Waals surface area contributed by atoms with Gasteiger partial charge in [-0.3, -0.25) is 4.79 Å². The minimum atomic E-state index is -0.149. The number of thiophene rings is 1. The van der Waals surface area contributed by atoms with Crippen LogP contribution in [0.2, 0.25) is 5.02 Å². The molecule has 5 heteroatoms. The molecule has 0 saturated carbocycles. The maximum Gasteiger partial charge on any atom is 0.257 e. The van der Waals surface area contributed by atoms with Crippen LogP contribution in [0.3, 0.4) is 0 Å². The molecular weight excluding hydrogens is 292 g/mol. The molecule has 0 aliphatic carbocycles. The van der Waals surface area contributed by atoms with Crippen LogP contribution >= 0.6 is 22.9 Å². The number of nitrogen functional groups attached to an aromatic ring is 1. The number of hydrogen-bond acceptors (Lipinski definition) is 3. The van der Waals surface area contributed by atoms with Gasteiger partial charge in [-0.25, -0.2) is 0 Å². The fourth-order valence-electron chi connectivity index (χ4n) is 1.97. The fraction of sp³-hybridized carbons (Fsp3) is 0. The number of anilines is 2. The third-order valence-corrected chi connectivity index (χ3v) is 4.29. The van der Waals surface area contributed by atoms with E-state index in [4.69, 9.17) is 17.3 Å². The number of carbonyl (C=O) groups excluding carboxylic acids is 1. The van der Waals surface area contributed by atoms with Crippen LogP contribution in [-0.2, 0) is 0 Å². The van der Waals surface area contributed by atoms with E-state index >= 15 is 0 Å². The molecular formula is C15H11ClN2OS. The Morgan fingerprint density at radius 1 is 1.20 bits per heavy atom. The lowest BCUT2D eigenvalue weighted by Gasteiger charge is -2.06. The van der Waals surface area contributed by atoms with E-state index in [2.05, 4.69) is 5.32 Å². The van der Waals surface area contributed by atoms with Crippen molar-refractivity contribution in [3.63, 3.8) is 0 Å². The molecule has 3 rings (SSSR count). The third-order valence-electron chi connectivity index (χ3n) is 2.98. The van der Waals surface area contributed by atoms with E-state index in [1.807, 2.05) is 29.6 Å². The third kappa shape index (κ3) is 2.35. The van der Waals surface area contributed by atoms with Crippen LogP contribution in [0.25, 0.3) is 10.1 Å². The van der Waals surface area contributed by atoms with Crippen molar-refractivity contribution >= 4 is 50.3 Å². The molecule has 0 atom stereocenters. The Labute approximate surface area is 125 Å². The number of nitrogens with one attached hydrogen (secondary N) is 1. The minimum Gasteiger partial charge on any atom is -0.397 e. The molecule has 3 nitrogen and oxygen atoms in total. The summed E-state index contributed by atoms with van der Waals surface area (Å²) in [5.41, 5.74) is 7.47. The van der Waals surface area contributed by atoms with Gasteiger partial charge in [0.2, 0.25) is 0 Å². The summed E-state index contributed by atoms with van der Waals surface area (Å²) in [5.74, 6) is -0.149. The van der Waals surface area contributed by atoms with E-state index in [0.717, 1.165) is 10.1 Å². The van der Waals surface area contributed by atoms with Gasteiger partial charge in [-0.15, -0.1) is 11.3 Å². The van der Waals surface area contributed by atoms with Crippen molar-refractivity contribution in [2.75, 3.05) is 11.1 Å². The first-order chi connectivity index (χ1) is 9.65. The Morgan fingerprint density at radius 3 is 2.80 bits per heavy atom. The molecule has 1 amide bonds. The summed E-state index contributed by atoms with van der Waals surface area (Å²) in [6.45, 7) is 0. The largest absolute Gasteiger partial charge is 0.397 e. The van der Waals surface area contributed by atoms with E-state index in [1.54, 1.807) is 29.5 Å². The van der Waals surface area contributed by atoms with Gasteiger partial charge in [-0.2, -0.15) is 0 Å². The van der Waals surface area contributed by atoms with Crippen molar-refractivity contribution in [2.24, 2.45) is 0 Å². The highest BCUT2D eigenvalue weighted by atomic mass is 35.5. The zero-order valence-corrected chi connectivity index (χ0v) is 12.0. The topological polar surface area (TPSA) is 55.1 Å². The molecule has 2 aromatic carbocycles. The molecule has 1 heterocycles. The summed E-state index contributed by atoms with van der Waals surface area (Å²) in [7, 11) is 0.